The Morgan fingerprint density at radius 2 is 1.92 bits per heavy atom. The van der Waals surface area contributed by atoms with Crippen LogP contribution in [0.5, 0.6) is 5.75 Å². The average Bonchev–Trinajstić information content (AvgIpc) is 2.96. The van der Waals surface area contributed by atoms with Gasteiger partial charge in [0.1, 0.15) is 24.0 Å². The van der Waals surface area contributed by atoms with Crippen LogP contribution in [0.3, 0.4) is 0 Å². The second-order valence-electron chi connectivity index (χ2n) is 5.99. The van der Waals surface area contributed by atoms with Gasteiger partial charge in [-0.3, -0.25) is 0 Å². The molecule has 1 aliphatic rings. The summed E-state index contributed by atoms with van der Waals surface area (Å²) in [4.78, 5) is 8.69. The molecule has 0 spiro atoms. The van der Waals surface area contributed by atoms with Crippen LogP contribution in [0.15, 0.2) is 54.9 Å². The van der Waals surface area contributed by atoms with Gasteiger partial charge >= 0.3 is 0 Å². The first-order chi connectivity index (χ1) is 11.7. The van der Waals surface area contributed by atoms with E-state index < -0.39 is 0 Å². The highest BCUT2D eigenvalue weighted by atomic mass is 16.5. The summed E-state index contributed by atoms with van der Waals surface area (Å²) in [6.45, 7) is 2.08. The Morgan fingerprint density at radius 1 is 1.08 bits per heavy atom. The van der Waals surface area contributed by atoms with Crippen LogP contribution in [0.4, 0.5) is 17.2 Å². The maximum absolute atomic E-state index is 5.75. The van der Waals surface area contributed by atoms with Gasteiger partial charge in [-0.1, -0.05) is 0 Å². The SMILES string of the molecule is CC1Cc2cc(-c3cc(Nc4ccc(N)cc4)ncn3)ccc2O1. The van der Waals surface area contributed by atoms with Gasteiger partial charge in [0.15, 0.2) is 0 Å². The van der Waals surface area contributed by atoms with Crippen LogP contribution in [0.2, 0.25) is 0 Å². The highest BCUT2D eigenvalue weighted by Crippen LogP contribution is 2.32. The molecule has 2 aromatic carbocycles. The molecule has 5 nitrogen and oxygen atoms in total. The minimum absolute atomic E-state index is 0.239. The van der Waals surface area contributed by atoms with Crippen LogP contribution in [0.25, 0.3) is 11.3 Å². The van der Waals surface area contributed by atoms with Crippen LogP contribution in [-0.4, -0.2) is 16.1 Å². The summed E-state index contributed by atoms with van der Waals surface area (Å²) in [5.41, 5.74) is 10.6. The summed E-state index contributed by atoms with van der Waals surface area (Å²) in [6.07, 6.45) is 2.75. The lowest BCUT2D eigenvalue weighted by atomic mass is 10.0. The van der Waals surface area contributed by atoms with Crippen molar-refractivity contribution < 1.29 is 4.74 Å². The molecular formula is C19H18N4O. The Balaban J connectivity index is 1.61. The molecule has 0 saturated carbocycles. The number of nitrogens with two attached hydrogens (primary N) is 1. The Hall–Kier alpha value is -3.08. The minimum Gasteiger partial charge on any atom is -0.490 e. The monoisotopic (exact) mass is 318 g/mol. The normalized spacial score (nSPS) is 15.6. The van der Waals surface area contributed by atoms with Crippen molar-refractivity contribution in [2.75, 3.05) is 11.1 Å². The number of benzene rings is 2. The fourth-order valence-corrected chi connectivity index (χ4v) is 2.88. The first-order valence-corrected chi connectivity index (χ1v) is 7.92. The number of ether oxygens (including phenoxy) is 1. The number of anilines is 3. The number of nitrogens with one attached hydrogen (secondary N) is 1. The number of hydrogen-bond donors (Lipinski definition) is 2. The van der Waals surface area contributed by atoms with Crippen LogP contribution >= 0.6 is 0 Å². The average molecular weight is 318 g/mol. The quantitative estimate of drug-likeness (QED) is 0.719. The zero-order chi connectivity index (χ0) is 16.5. The van der Waals surface area contributed by atoms with Gasteiger partial charge in [-0.15, -0.1) is 0 Å². The number of nitrogens with zero attached hydrogens (tertiary/aromatic N) is 2. The highest BCUT2D eigenvalue weighted by Gasteiger charge is 2.19. The predicted octanol–water partition coefficient (Wildman–Crippen LogP) is 3.79. The molecule has 1 unspecified atom stereocenters. The van der Waals surface area contributed by atoms with E-state index in [0.717, 1.165) is 40.6 Å². The predicted molar refractivity (Wildman–Crippen MR) is 95.4 cm³/mol. The third kappa shape index (κ3) is 2.88. The van der Waals surface area contributed by atoms with E-state index in [1.165, 1.54) is 5.56 Å². The van der Waals surface area contributed by atoms with Gasteiger partial charge in [0.25, 0.3) is 0 Å². The molecule has 0 saturated heterocycles. The topological polar surface area (TPSA) is 73.1 Å². The Kier molecular flexibility index (Phi) is 3.54. The van der Waals surface area contributed by atoms with E-state index in [1.807, 2.05) is 42.5 Å². The van der Waals surface area contributed by atoms with E-state index in [0.29, 0.717) is 0 Å². The summed E-state index contributed by atoms with van der Waals surface area (Å²) in [5, 5.41) is 3.27. The molecule has 0 radical (unpaired) electrons. The Morgan fingerprint density at radius 3 is 2.75 bits per heavy atom. The van der Waals surface area contributed by atoms with Gasteiger partial charge in [0, 0.05) is 29.4 Å². The molecule has 0 fully saturated rings. The number of rotatable bonds is 3. The maximum Gasteiger partial charge on any atom is 0.134 e. The van der Waals surface area contributed by atoms with Crippen molar-refractivity contribution in [2.24, 2.45) is 0 Å². The van der Waals surface area contributed by atoms with Gasteiger partial charge in [-0.05, 0) is 55.0 Å². The molecule has 3 N–H and O–H groups in total. The summed E-state index contributed by atoms with van der Waals surface area (Å²) >= 11 is 0. The molecule has 2 heterocycles. The van der Waals surface area contributed by atoms with Crippen molar-refractivity contribution in [3.63, 3.8) is 0 Å². The van der Waals surface area contributed by atoms with Gasteiger partial charge in [-0.25, -0.2) is 9.97 Å². The van der Waals surface area contributed by atoms with E-state index in [-0.39, 0.29) is 6.10 Å². The maximum atomic E-state index is 5.75. The molecule has 1 atom stereocenters. The van der Waals surface area contributed by atoms with E-state index in [9.17, 15) is 0 Å². The summed E-state index contributed by atoms with van der Waals surface area (Å²) in [6, 6.07) is 15.7. The smallest absolute Gasteiger partial charge is 0.134 e. The van der Waals surface area contributed by atoms with E-state index in [1.54, 1.807) is 6.33 Å². The third-order valence-corrected chi connectivity index (χ3v) is 4.04. The van der Waals surface area contributed by atoms with E-state index >= 15 is 0 Å². The van der Waals surface area contributed by atoms with Crippen LogP contribution < -0.4 is 15.8 Å². The van der Waals surface area contributed by atoms with Gasteiger partial charge in [0.05, 0.1) is 5.69 Å². The van der Waals surface area contributed by atoms with Crippen molar-refractivity contribution in [2.45, 2.75) is 19.4 Å². The zero-order valence-electron chi connectivity index (χ0n) is 13.4. The molecule has 1 aliphatic heterocycles. The molecule has 0 bridgehead atoms. The van der Waals surface area contributed by atoms with Gasteiger partial charge in [-0.2, -0.15) is 0 Å². The Labute approximate surface area is 140 Å². The molecule has 24 heavy (non-hydrogen) atoms. The van der Waals surface area contributed by atoms with Crippen LogP contribution in [-0.2, 0) is 6.42 Å². The highest BCUT2D eigenvalue weighted by molar-refractivity contribution is 5.67. The van der Waals surface area contributed by atoms with E-state index in [4.69, 9.17) is 10.5 Å². The summed E-state index contributed by atoms with van der Waals surface area (Å²) < 4.78 is 5.75. The van der Waals surface area contributed by atoms with Gasteiger partial charge in [0.2, 0.25) is 0 Å². The van der Waals surface area contributed by atoms with Crippen molar-refractivity contribution in [1.29, 1.82) is 0 Å². The summed E-state index contributed by atoms with van der Waals surface area (Å²) in [7, 11) is 0. The molecule has 5 heteroatoms. The van der Waals surface area contributed by atoms with Crippen LogP contribution in [0.1, 0.15) is 12.5 Å². The zero-order valence-corrected chi connectivity index (χ0v) is 13.4. The number of hydrogen-bond acceptors (Lipinski definition) is 5. The fourth-order valence-electron chi connectivity index (χ4n) is 2.88. The van der Waals surface area contributed by atoms with Gasteiger partial charge < -0.3 is 15.8 Å². The molecule has 0 aliphatic carbocycles. The van der Waals surface area contributed by atoms with Crippen molar-refractivity contribution in [3.05, 3.63) is 60.4 Å². The van der Waals surface area contributed by atoms with Crippen LogP contribution in [0, 0.1) is 0 Å². The van der Waals surface area contributed by atoms with Crippen molar-refractivity contribution in [1.82, 2.24) is 9.97 Å². The lowest BCUT2D eigenvalue weighted by Gasteiger charge is -2.08. The lowest BCUT2D eigenvalue weighted by Crippen LogP contribution is -2.05. The molecule has 0 amide bonds. The fraction of sp³-hybridized carbons (Fsp3) is 0.158. The first-order valence-electron chi connectivity index (χ1n) is 7.92. The first kappa shape index (κ1) is 14.5. The second kappa shape index (κ2) is 5.85. The Bertz CT molecular complexity index is 877. The standard InChI is InChI=1S/C19H18N4O/c1-12-8-14-9-13(2-7-18(14)24-12)17-10-19(22-11-21-17)23-16-5-3-15(20)4-6-16/h2-7,9-12H,8,20H2,1H3,(H,21,22,23). The lowest BCUT2D eigenvalue weighted by molar-refractivity contribution is 0.254. The number of aromatic nitrogens is 2. The molecule has 4 rings (SSSR count). The molecule has 3 aromatic rings. The van der Waals surface area contributed by atoms with Crippen molar-refractivity contribution in [3.8, 4) is 17.0 Å². The third-order valence-electron chi connectivity index (χ3n) is 4.04. The van der Waals surface area contributed by atoms with E-state index in [2.05, 4.69) is 28.3 Å². The second-order valence-corrected chi connectivity index (χ2v) is 5.99. The largest absolute Gasteiger partial charge is 0.490 e. The summed E-state index contributed by atoms with van der Waals surface area (Å²) in [5.74, 6) is 1.72. The molecule has 1 aromatic heterocycles. The van der Waals surface area contributed by atoms with Crippen molar-refractivity contribution >= 4 is 17.2 Å². The molecule has 120 valence electrons. The number of fused-ring (bicyclic) bond motifs is 1. The minimum atomic E-state index is 0.239. The number of nitrogen functional groups attached to an aromatic ring is 1. The molecular weight excluding hydrogens is 300 g/mol.